The van der Waals surface area contributed by atoms with Crippen molar-refractivity contribution < 1.29 is 27.9 Å². The van der Waals surface area contributed by atoms with E-state index in [0.717, 1.165) is 17.2 Å². The number of carboxylic acid groups (broad SMARTS) is 1. The van der Waals surface area contributed by atoms with Crippen molar-refractivity contribution in [3.63, 3.8) is 0 Å². The monoisotopic (exact) mass is 453 g/mol. The summed E-state index contributed by atoms with van der Waals surface area (Å²) in [5, 5.41) is 9.10. The van der Waals surface area contributed by atoms with Crippen LogP contribution in [0.2, 0.25) is 0 Å². The Morgan fingerprint density at radius 2 is 1.61 bits per heavy atom. The van der Waals surface area contributed by atoms with Gasteiger partial charge in [-0.3, -0.25) is 4.79 Å². The van der Waals surface area contributed by atoms with Gasteiger partial charge in [0.2, 0.25) is 5.91 Å². The van der Waals surface area contributed by atoms with Crippen LogP contribution in [0.15, 0.2) is 72.8 Å². The van der Waals surface area contributed by atoms with Gasteiger partial charge in [0.05, 0.1) is 17.7 Å². The maximum atomic E-state index is 13.6. The van der Waals surface area contributed by atoms with E-state index in [1.807, 2.05) is 19.1 Å². The number of aromatic carboxylic acids is 1. The molecule has 1 amide bonds. The Kier molecular flexibility index (Phi) is 5.97. The number of hydrogen-bond acceptors (Lipinski definition) is 2. The molecule has 0 spiro atoms. The van der Waals surface area contributed by atoms with Gasteiger partial charge in [-0.25, -0.2) is 4.79 Å². The van der Waals surface area contributed by atoms with Gasteiger partial charge < -0.3 is 10.0 Å². The van der Waals surface area contributed by atoms with Crippen molar-refractivity contribution in [1.82, 2.24) is 0 Å². The zero-order valence-electron chi connectivity index (χ0n) is 17.8. The Hall–Kier alpha value is -3.61. The number of carboxylic acids is 1. The van der Waals surface area contributed by atoms with E-state index in [1.165, 1.54) is 35.2 Å². The van der Waals surface area contributed by atoms with Crippen molar-refractivity contribution in [2.75, 3.05) is 4.90 Å². The third kappa shape index (κ3) is 4.49. The number of nitrogens with zero attached hydrogens (tertiary/aromatic N) is 1. The Bertz CT molecular complexity index is 1190. The lowest BCUT2D eigenvalue weighted by Crippen LogP contribution is -2.43. The van der Waals surface area contributed by atoms with E-state index >= 15 is 0 Å². The molecule has 0 fully saturated rings. The lowest BCUT2D eigenvalue weighted by atomic mass is 9.78. The number of halogens is 3. The van der Waals surface area contributed by atoms with E-state index in [1.54, 1.807) is 24.3 Å². The Labute approximate surface area is 189 Å². The Balaban J connectivity index is 1.70. The highest BCUT2D eigenvalue weighted by molar-refractivity contribution is 5.99. The molecule has 170 valence electrons. The molecule has 1 heterocycles. The topological polar surface area (TPSA) is 57.6 Å². The summed E-state index contributed by atoms with van der Waals surface area (Å²) in [4.78, 5) is 26.2. The number of rotatable bonds is 5. The predicted octanol–water partition coefficient (Wildman–Crippen LogP) is 5.91. The minimum atomic E-state index is -4.52. The molecule has 0 bridgehead atoms. The molecule has 3 aromatic carbocycles. The number of anilines is 1. The first-order valence-electron chi connectivity index (χ1n) is 10.5. The average Bonchev–Trinajstić information content (AvgIpc) is 2.79. The van der Waals surface area contributed by atoms with Crippen LogP contribution >= 0.6 is 0 Å². The summed E-state index contributed by atoms with van der Waals surface area (Å²) >= 11 is 0. The number of carbonyl (C=O) groups is 2. The summed E-state index contributed by atoms with van der Waals surface area (Å²) in [5.74, 6) is -1.93. The SMILES string of the molecule is CC1c2ccccc2N(Cc2ccccc2C(F)(F)F)C(=O)C1Cc1ccc(C(=O)O)cc1. The van der Waals surface area contributed by atoms with Crippen LogP contribution in [0, 0.1) is 5.92 Å². The van der Waals surface area contributed by atoms with E-state index in [0.29, 0.717) is 12.1 Å². The minimum Gasteiger partial charge on any atom is -0.478 e. The summed E-state index contributed by atoms with van der Waals surface area (Å²) in [5.41, 5.74) is 1.73. The van der Waals surface area contributed by atoms with E-state index in [-0.39, 0.29) is 29.5 Å². The lowest BCUT2D eigenvalue weighted by molar-refractivity contribution is -0.138. The minimum absolute atomic E-state index is 0.0345. The highest BCUT2D eigenvalue weighted by Crippen LogP contribution is 2.42. The van der Waals surface area contributed by atoms with Crippen LogP contribution < -0.4 is 4.90 Å². The van der Waals surface area contributed by atoms with Crippen LogP contribution in [0.25, 0.3) is 0 Å². The normalized spacial score (nSPS) is 18.2. The number of fused-ring (bicyclic) bond motifs is 1. The number of carbonyl (C=O) groups excluding carboxylic acids is 1. The first-order chi connectivity index (χ1) is 15.7. The molecule has 1 N–H and O–H groups in total. The summed E-state index contributed by atoms with van der Waals surface area (Å²) < 4.78 is 40.7. The molecule has 3 aromatic rings. The Morgan fingerprint density at radius 3 is 2.27 bits per heavy atom. The van der Waals surface area contributed by atoms with Crippen LogP contribution in [0.4, 0.5) is 18.9 Å². The van der Waals surface area contributed by atoms with Crippen LogP contribution in [-0.4, -0.2) is 17.0 Å². The lowest BCUT2D eigenvalue weighted by Gasteiger charge is -2.38. The highest BCUT2D eigenvalue weighted by Gasteiger charge is 2.39. The second kappa shape index (κ2) is 8.73. The number of para-hydroxylation sites is 1. The van der Waals surface area contributed by atoms with Crippen molar-refractivity contribution in [1.29, 1.82) is 0 Å². The third-order valence-electron chi connectivity index (χ3n) is 6.21. The zero-order chi connectivity index (χ0) is 23.8. The third-order valence-corrected chi connectivity index (χ3v) is 6.21. The molecule has 1 aliphatic rings. The van der Waals surface area contributed by atoms with Crippen molar-refractivity contribution in [3.8, 4) is 0 Å². The van der Waals surface area contributed by atoms with Gasteiger partial charge in [-0.1, -0.05) is 55.5 Å². The molecular formula is C26H22F3NO3. The molecule has 1 aliphatic heterocycles. The van der Waals surface area contributed by atoms with Crippen molar-refractivity contribution in [3.05, 3.63) is 101 Å². The van der Waals surface area contributed by atoms with Gasteiger partial charge >= 0.3 is 12.1 Å². The fraction of sp³-hybridized carbons (Fsp3) is 0.231. The summed E-state index contributed by atoms with van der Waals surface area (Å²) in [7, 11) is 0. The molecule has 0 aromatic heterocycles. The molecular weight excluding hydrogens is 431 g/mol. The van der Waals surface area contributed by atoms with Crippen LogP contribution in [0.3, 0.4) is 0 Å². The van der Waals surface area contributed by atoms with E-state index in [2.05, 4.69) is 0 Å². The van der Waals surface area contributed by atoms with Gasteiger partial charge in [0, 0.05) is 11.6 Å². The standard InChI is InChI=1S/C26H22F3NO3/c1-16-20-7-3-5-9-23(20)30(15-19-6-2-4-8-22(19)26(27,28)29)24(31)21(16)14-17-10-12-18(13-11-17)25(32)33/h2-13,16,21H,14-15H2,1H3,(H,32,33). The van der Waals surface area contributed by atoms with Gasteiger partial charge in [-0.05, 0) is 53.3 Å². The van der Waals surface area contributed by atoms with Crippen molar-refractivity contribution in [2.45, 2.75) is 32.0 Å². The maximum Gasteiger partial charge on any atom is 0.416 e. The van der Waals surface area contributed by atoms with Crippen LogP contribution in [-0.2, 0) is 23.9 Å². The average molecular weight is 453 g/mol. The fourth-order valence-corrected chi connectivity index (χ4v) is 4.44. The Morgan fingerprint density at radius 1 is 0.970 bits per heavy atom. The molecule has 0 radical (unpaired) electrons. The smallest absolute Gasteiger partial charge is 0.416 e. The molecule has 0 saturated carbocycles. The van der Waals surface area contributed by atoms with Crippen molar-refractivity contribution >= 4 is 17.6 Å². The van der Waals surface area contributed by atoms with Crippen LogP contribution in [0.1, 0.15) is 45.5 Å². The maximum absolute atomic E-state index is 13.6. The zero-order valence-corrected chi connectivity index (χ0v) is 17.8. The second-order valence-corrected chi connectivity index (χ2v) is 8.24. The molecule has 7 heteroatoms. The van der Waals surface area contributed by atoms with Crippen molar-refractivity contribution in [2.24, 2.45) is 5.92 Å². The first kappa shape index (κ1) is 22.6. The van der Waals surface area contributed by atoms with E-state index in [4.69, 9.17) is 5.11 Å². The fourth-order valence-electron chi connectivity index (χ4n) is 4.44. The van der Waals surface area contributed by atoms with Gasteiger partial charge in [0.15, 0.2) is 0 Å². The number of alkyl halides is 3. The number of hydrogen-bond donors (Lipinski definition) is 1. The van der Waals surface area contributed by atoms with Gasteiger partial charge in [-0.2, -0.15) is 13.2 Å². The molecule has 33 heavy (non-hydrogen) atoms. The molecule has 0 saturated heterocycles. The molecule has 4 nitrogen and oxygen atoms in total. The predicted molar refractivity (Wildman–Crippen MR) is 118 cm³/mol. The first-order valence-corrected chi connectivity index (χ1v) is 10.5. The number of benzene rings is 3. The quantitative estimate of drug-likeness (QED) is 0.522. The molecule has 4 rings (SSSR count). The van der Waals surface area contributed by atoms with E-state index in [9.17, 15) is 22.8 Å². The van der Waals surface area contributed by atoms with Gasteiger partial charge in [-0.15, -0.1) is 0 Å². The largest absolute Gasteiger partial charge is 0.478 e. The molecule has 2 unspecified atom stereocenters. The molecule has 2 atom stereocenters. The summed E-state index contributed by atoms with van der Waals surface area (Å²) in [6, 6.07) is 18.9. The van der Waals surface area contributed by atoms with E-state index < -0.39 is 23.6 Å². The van der Waals surface area contributed by atoms with Gasteiger partial charge in [0.1, 0.15) is 0 Å². The summed E-state index contributed by atoms with van der Waals surface area (Å²) in [6.07, 6.45) is -4.17. The second-order valence-electron chi connectivity index (χ2n) is 8.24. The molecule has 0 aliphatic carbocycles. The highest BCUT2D eigenvalue weighted by atomic mass is 19.4. The summed E-state index contributed by atoms with van der Waals surface area (Å²) in [6.45, 7) is 1.75. The van der Waals surface area contributed by atoms with Crippen LogP contribution in [0.5, 0.6) is 0 Å². The van der Waals surface area contributed by atoms with Gasteiger partial charge in [0.25, 0.3) is 0 Å². The number of amides is 1.